The van der Waals surface area contributed by atoms with E-state index in [2.05, 4.69) is 5.32 Å². The molecule has 1 fully saturated rings. The molecule has 2 rings (SSSR count). The summed E-state index contributed by atoms with van der Waals surface area (Å²) < 4.78 is 4.73. The van der Waals surface area contributed by atoms with Gasteiger partial charge in [-0.25, -0.2) is 4.79 Å². The molecule has 1 aromatic carbocycles. The molecule has 1 N–H and O–H groups in total. The third kappa shape index (κ3) is 2.31. The Morgan fingerprint density at radius 2 is 2.26 bits per heavy atom. The molecule has 6 heteroatoms. The van der Waals surface area contributed by atoms with Gasteiger partial charge in [-0.15, -0.1) is 0 Å². The van der Waals surface area contributed by atoms with Crippen LogP contribution in [0.2, 0.25) is 0 Å². The monoisotopic (exact) mass is 264 g/mol. The first-order chi connectivity index (χ1) is 8.99. The Hall–Kier alpha value is -1.95. The predicted molar refractivity (Wildman–Crippen MR) is 69.0 cm³/mol. The zero-order valence-electron chi connectivity index (χ0n) is 10.9. The highest BCUT2D eigenvalue weighted by Crippen LogP contribution is 2.38. The summed E-state index contributed by atoms with van der Waals surface area (Å²) in [6, 6.07) is 4.50. The average Bonchev–Trinajstić information content (AvgIpc) is 2.84. The van der Waals surface area contributed by atoms with Crippen molar-refractivity contribution in [3.8, 4) is 0 Å². The number of nitro benzene ring substituents is 1. The van der Waals surface area contributed by atoms with Gasteiger partial charge in [-0.2, -0.15) is 0 Å². The number of esters is 1. The fraction of sp³-hybridized carbons (Fsp3) is 0.462. The predicted octanol–water partition coefficient (Wildman–Crippen LogP) is 1.98. The number of carbonyl (C=O) groups excluding carboxylic acids is 1. The lowest BCUT2D eigenvalue weighted by atomic mass is 9.85. The number of rotatable bonds is 3. The minimum Gasteiger partial charge on any atom is -0.465 e. The first kappa shape index (κ1) is 13.5. The molecule has 0 bridgehead atoms. The Morgan fingerprint density at radius 3 is 2.79 bits per heavy atom. The van der Waals surface area contributed by atoms with Crippen LogP contribution >= 0.6 is 0 Å². The van der Waals surface area contributed by atoms with Crippen molar-refractivity contribution in [3.63, 3.8) is 0 Å². The van der Waals surface area contributed by atoms with Gasteiger partial charge in [0.2, 0.25) is 0 Å². The van der Waals surface area contributed by atoms with E-state index in [1.807, 2.05) is 6.92 Å². The van der Waals surface area contributed by atoms with Gasteiger partial charge >= 0.3 is 5.97 Å². The third-order valence-electron chi connectivity index (χ3n) is 3.56. The highest BCUT2D eigenvalue weighted by Gasteiger charge is 2.39. The zero-order chi connectivity index (χ0) is 14.0. The number of nitro groups is 1. The van der Waals surface area contributed by atoms with Crippen molar-refractivity contribution in [2.75, 3.05) is 13.7 Å². The number of ether oxygens (including phenoxy) is 1. The van der Waals surface area contributed by atoms with Gasteiger partial charge in [0.25, 0.3) is 5.69 Å². The summed E-state index contributed by atoms with van der Waals surface area (Å²) in [5.74, 6) is -0.548. The first-order valence-corrected chi connectivity index (χ1v) is 6.11. The second-order valence-electron chi connectivity index (χ2n) is 4.81. The highest BCUT2D eigenvalue weighted by atomic mass is 16.6. The lowest BCUT2D eigenvalue weighted by molar-refractivity contribution is -0.386. The molecular formula is C13H16N2O4. The largest absolute Gasteiger partial charge is 0.465 e. The van der Waals surface area contributed by atoms with Gasteiger partial charge in [-0.05, 0) is 32.4 Å². The van der Waals surface area contributed by atoms with Crippen molar-refractivity contribution >= 4 is 11.7 Å². The first-order valence-electron chi connectivity index (χ1n) is 6.11. The Labute approximate surface area is 110 Å². The number of methoxy groups -OCH3 is 1. The van der Waals surface area contributed by atoms with Gasteiger partial charge in [0.15, 0.2) is 0 Å². The SMILES string of the molecule is COC(=O)c1cccc([N+](=O)[O-])c1C1(C)CCCN1. The maximum absolute atomic E-state index is 11.8. The summed E-state index contributed by atoms with van der Waals surface area (Å²) in [6.45, 7) is 2.66. The van der Waals surface area contributed by atoms with E-state index in [0.29, 0.717) is 5.56 Å². The number of nitrogens with one attached hydrogen (secondary N) is 1. The van der Waals surface area contributed by atoms with Crippen LogP contribution in [-0.4, -0.2) is 24.5 Å². The van der Waals surface area contributed by atoms with Crippen LogP contribution in [0, 0.1) is 10.1 Å². The topological polar surface area (TPSA) is 81.5 Å². The van der Waals surface area contributed by atoms with E-state index in [-0.39, 0.29) is 11.3 Å². The smallest absolute Gasteiger partial charge is 0.338 e. The average molecular weight is 264 g/mol. The molecule has 0 aliphatic carbocycles. The molecule has 1 heterocycles. The van der Waals surface area contributed by atoms with E-state index in [1.165, 1.54) is 19.2 Å². The fourth-order valence-electron chi connectivity index (χ4n) is 2.66. The van der Waals surface area contributed by atoms with Gasteiger partial charge in [-0.3, -0.25) is 10.1 Å². The molecule has 1 atom stereocenters. The summed E-state index contributed by atoms with van der Waals surface area (Å²) in [5, 5.41) is 14.5. The molecule has 0 radical (unpaired) electrons. The van der Waals surface area contributed by atoms with Crippen LogP contribution in [0.5, 0.6) is 0 Å². The van der Waals surface area contributed by atoms with Crippen LogP contribution in [0.25, 0.3) is 0 Å². The molecule has 0 saturated carbocycles. The Morgan fingerprint density at radius 1 is 1.53 bits per heavy atom. The maximum atomic E-state index is 11.8. The standard InChI is InChI=1S/C13H16N2O4/c1-13(7-4-8-14-13)11-9(12(16)19-2)5-3-6-10(11)15(17)18/h3,5-6,14H,4,7-8H2,1-2H3. The van der Waals surface area contributed by atoms with E-state index in [9.17, 15) is 14.9 Å². The van der Waals surface area contributed by atoms with Gasteiger partial charge in [0.05, 0.1) is 23.2 Å². The summed E-state index contributed by atoms with van der Waals surface area (Å²) in [4.78, 5) is 22.6. The lowest BCUT2D eigenvalue weighted by Crippen LogP contribution is -2.35. The van der Waals surface area contributed by atoms with Gasteiger partial charge in [-0.1, -0.05) is 6.07 Å². The number of carbonyl (C=O) groups is 1. The van der Waals surface area contributed by atoms with Gasteiger partial charge in [0.1, 0.15) is 0 Å². The summed E-state index contributed by atoms with van der Waals surface area (Å²) >= 11 is 0. The van der Waals surface area contributed by atoms with Gasteiger partial charge < -0.3 is 10.1 Å². The fourth-order valence-corrected chi connectivity index (χ4v) is 2.66. The third-order valence-corrected chi connectivity index (χ3v) is 3.56. The van der Waals surface area contributed by atoms with Crippen molar-refractivity contribution in [2.24, 2.45) is 0 Å². The molecule has 0 aromatic heterocycles. The minimum atomic E-state index is -0.562. The van der Waals surface area contributed by atoms with Crippen molar-refractivity contribution in [1.82, 2.24) is 5.32 Å². The van der Waals surface area contributed by atoms with Crippen molar-refractivity contribution in [3.05, 3.63) is 39.4 Å². The molecule has 6 nitrogen and oxygen atoms in total. The van der Waals surface area contributed by atoms with E-state index in [0.717, 1.165) is 19.4 Å². The second kappa shape index (κ2) is 4.97. The van der Waals surface area contributed by atoms with Crippen molar-refractivity contribution in [1.29, 1.82) is 0 Å². The second-order valence-corrected chi connectivity index (χ2v) is 4.81. The van der Waals surface area contributed by atoms with E-state index in [4.69, 9.17) is 4.74 Å². The summed E-state index contributed by atoms with van der Waals surface area (Å²) in [7, 11) is 1.27. The molecule has 19 heavy (non-hydrogen) atoms. The molecule has 102 valence electrons. The highest BCUT2D eigenvalue weighted by molar-refractivity contribution is 5.92. The van der Waals surface area contributed by atoms with Crippen LogP contribution in [0.15, 0.2) is 18.2 Å². The van der Waals surface area contributed by atoms with Crippen LogP contribution in [-0.2, 0) is 10.3 Å². The number of nitrogens with zero attached hydrogens (tertiary/aromatic N) is 1. The number of benzene rings is 1. The Kier molecular flexibility index (Phi) is 3.53. The van der Waals surface area contributed by atoms with E-state index < -0.39 is 16.4 Å². The van der Waals surface area contributed by atoms with Crippen LogP contribution in [0.1, 0.15) is 35.7 Å². The minimum absolute atomic E-state index is 0.0419. The lowest BCUT2D eigenvalue weighted by Gasteiger charge is -2.26. The number of hydrogen-bond acceptors (Lipinski definition) is 5. The molecular weight excluding hydrogens is 248 g/mol. The van der Waals surface area contributed by atoms with Crippen molar-refractivity contribution < 1.29 is 14.5 Å². The van der Waals surface area contributed by atoms with Crippen LogP contribution in [0.4, 0.5) is 5.69 Å². The zero-order valence-corrected chi connectivity index (χ0v) is 10.9. The Balaban J connectivity index is 2.65. The summed E-state index contributed by atoms with van der Waals surface area (Å²) in [5.41, 5.74) is 0.0745. The molecule has 0 spiro atoms. The Bertz CT molecular complexity index is 521. The quantitative estimate of drug-likeness (QED) is 0.513. The molecule has 1 unspecified atom stereocenters. The molecule has 1 saturated heterocycles. The molecule has 1 aliphatic rings. The van der Waals surface area contributed by atoms with Gasteiger partial charge in [0, 0.05) is 11.6 Å². The van der Waals surface area contributed by atoms with E-state index in [1.54, 1.807) is 6.07 Å². The summed E-state index contributed by atoms with van der Waals surface area (Å²) in [6.07, 6.45) is 1.67. The van der Waals surface area contributed by atoms with E-state index >= 15 is 0 Å². The molecule has 1 aromatic rings. The normalized spacial score (nSPS) is 22.2. The number of hydrogen-bond donors (Lipinski definition) is 1. The van der Waals surface area contributed by atoms with Crippen molar-refractivity contribution in [2.45, 2.75) is 25.3 Å². The van der Waals surface area contributed by atoms with Crippen LogP contribution in [0.3, 0.4) is 0 Å². The van der Waals surface area contributed by atoms with Crippen LogP contribution < -0.4 is 5.32 Å². The maximum Gasteiger partial charge on any atom is 0.338 e. The molecule has 1 aliphatic heterocycles. The molecule has 0 amide bonds.